The summed E-state index contributed by atoms with van der Waals surface area (Å²) in [7, 11) is 1.74. The number of thioether (sulfide) groups is 1. The summed E-state index contributed by atoms with van der Waals surface area (Å²) in [5.41, 5.74) is 0. The SMILES string of the molecule is CN=C(NCc1noc(C)n1)NCC(C)(C)Sc1ccc(Br)cc1.I. The van der Waals surface area contributed by atoms with Crippen LogP contribution in [0, 0.1) is 6.92 Å². The maximum Gasteiger partial charge on any atom is 0.223 e. The van der Waals surface area contributed by atoms with Gasteiger partial charge in [0.15, 0.2) is 11.8 Å². The van der Waals surface area contributed by atoms with E-state index < -0.39 is 0 Å². The third-order valence-corrected chi connectivity index (χ3v) is 4.83. The highest BCUT2D eigenvalue weighted by Crippen LogP contribution is 2.32. The predicted molar refractivity (Wildman–Crippen MR) is 117 cm³/mol. The Bertz CT molecular complexity index is 690. The van der Waals surface area contributed by atoms with Crippen molar-refractivity contribution < 1.29 is 4.52 Å². The molecule has 2 aromatic rings. The van der Waals surface area contributed by atoms with Crippen LogP contribution in [0.5, 0.6) is 0 Å². The lowest BCUT2D eigenvalue weighted by Gasteiger charge is -2.25. The first-order valence-electron chi connectivity index (χ1n) is 7.56. The lowest BCUT2D eigenvalue weighted by atomic mass is 10.2. The van der Waals surface area contributed by atoms with Crippen molar-refractivity contribution in [2.75, 3.05) is 13.6 Å². The Morgan fingerprint density at radius 2 is 1.96 bits per heavy atom. The number of aliphatic imine (C=N–C) groups is 1. The number of aromatic nitrogens is 2. The second kappa shape index (κ2) is 10.4. The van der Waals surface area contributed by atoms with Crippen LogP contribution in [0.15, 0.2) is 43.1 Å². The molecule has 0 bridgehead atoms. The van der Waals surface area contributed by atoms with Crippen molar-refractivity contribution in [1.29, 1.82) is 0 Å². The van der Waals surface area contributed by atoms with Gasteiger partial charge < -0.3 is 15.2 Å². The van der Waals surface area contributed by atoms with E-state index in [0.717, 1.165) is 11.0 Å². The zero-order chi connectivity index (χ0) is 17.6. The highest BCUT2D eigenvalue weighted by atomic mass is 127. The van der Waals surface area contributed by atoms with Crippen molar-refractivity contribution in [3.63, 3.8) is 0 Å². The van der Waals surface area contributed by atoms with Crippen LogP contribution in [-0.4, -0.2) is 34.4 Å². The van der Waals surface area contributed by atoms with E-state index in [1.165, 1.54) is 4.90 Å². The maximum absolute atomic E-state index is 4.95. The Morgan fingerprint density at radius 3 is 2.52 bits per heavy atom. The standard InChI is InChI=1S/C16H22BrN5OS.HI/c1-11-21-14(22-23-11)9-19-15(18-4)20-10-16(2,3)24-13-7-5-12(17)6-8-13;/h5-8H,9-10H2,1-4H3,(H2,18,19,20);1H. The summed E-state index contributed by atoms with van der Waals surface area (Å²) in [6, 6.07) is 8.34. The number of hydrogen-bond acceptors (Lipinski definition) is 5. The van der Waals surface area contributed by atoms with Crippen molar-refractivity contribution in [3.05, 3.63) is 40.5 Å². The van der Waals surface area contributed by atoms with Gasteiger partial charge in [-0.1, -0.05) is 21.1 Å². The van der Waals surface area contributed by atoms with E-state index in [1.54, 1.807) is 14.0 Å². The second-order valence-electron chi connectivity index (χ2n) is 5.82. The molecule has 0 aliphatic heterocycles. The number of benzene rings is 1. The lowest BCUT2D eigenvalue weighted by Crippen LogP contribution is -2.43. The summed E-state index contributed by atoms with van der Waals surface area (Å²) >= 11 is 5.28. The van der Waals surface area contributed by atoms with Crippen LogP contribution in [0.1, 0.15) is 25.6 Å². The zero-order valence-electron chi connectivity index (χ0n) is 14.7. The zero-order valence-corrected chi connectivity index (χ0v) is 19.4. The van der Waals surface area contributed by atoms with Gasteiger partial charge in [0.2, 0.25) is 5.89 Å². The van der Waals surface area contributed by atoms with Crippen LogP contribution in [-0.2, 0) is 6.54 Å². The van der Waals surface area contributed by atoms with Crippen molar-refractivity contribution in [3.8, 4) is 0 Å². The molecule has 25 heavy (non-hydrogen) atoms. The Labute approximate surface area is 178 Å². The van der Waals surface area contributed by atoms with Gasteiger partial charge in [-0.3, -0.25) is 4.99 Å². The molecular weight excluding hydrogens is 517 g/mol. The molecule has 0 saturated carbocycles. The van der Waals surface area contributed by atoms with Crippen LogP contribution in [0.4, 0.5) is 0 Å². The minimum atomic E-state index is 0. The molecule has 138 valence electrons. The Hall–Kier alpha value is -0.810. The smallest absolute Gasteiger partial charge is 0.223 e. The average Bonchev–Trinajstić information content (AvgIpc) is 2.95. The van der Waals surface area contributed by atoms with Crippen LogP contribution >= 0.6 is 51.7 Å². The first kappa shape index (κ1) is 22.2. The van der Waals surface area contributed by atoms with Crippen LogP contribution in [0.25, 0.3) is 0 Å². The number of guanidine groups is 1. The second-order valence-corrected chi connectivity index (χ2v) is 8.52. The van der Waals surface area contributed by atoms with Gasteiger partial charge in [-0.2, -0.15) is 4.98 Å². The molecule has 0 atom stereocenters. The highest BCUT2D eigenvalue weighted by molar-refractivity contribution is 14.0. The molecule has 0 spiro atoms. The van der Waals surface area contributed by atoms with E-state index in [1.807, 2.05) is 11.8 Å². The minimum Gasteiger partial charge on any atom is -0.355 e. The van der Waals surface area contributed by atoms with Gasteiger partial charge in [0.05, 0.1) is 6.54 Å². The molecule has 6 nitrogen and oxygen atoms in total. The summed E-state index contributed by atoms with van der Waals surface area (Å²) in [4.78, 5) is 9.61. The Kier molecular flexibility index (Phi) is 9.22. The number of nitrogens with zero attached hydrogens (tertiary/aromatic N) is 3. The molecule has 2 N–H and O–H groups in total. The van der Waals surface area contributed by atoms with Crippen LogP contribution in [0.2, 0.25) is 0 Å². The third kappa shape index (κ3) is 7.95. The molecule has 1 aromatic carbocycles. The number of nitrogens with one attached hydrogen (secondary N) is 2. The van der Waals surface area contributed by atoms with Gasteiger partial charge in [-0.15, -0.1) is 35.7 Å². The van der Waals surface area contributed by atoms with E-state index in [-0.39, 0.29) is 28.7 Å². The molecule has 0 aliphatic carbocycles. The van der Waals surface area contributed by atoms with Crippen molar-refractivity contribution >= 4 is 57.6 Å². The summed E-state index contributed by atoms with van der Waals surface area (Å²) < 4.78 is 6.05. The molecule has 0 aliphatic rings. The number of hydrogen-bond donors (Lipinski definition) is 2. The first-order chi connectivity index (χ1) is 11.4. The molecule has 0 radical (unpaired) electrons. The van der Waals surface area contributed by atoms with Gasteiger partial charge in [-0.05, 0) is 38.1 Å². The molecular formula is C16H23BrIN5OS. The van der Waals surface area contributed by atoms with Crippen molar-refractivity contribution in [1.82, 2.24) is 20.8 Å². The topological polar surface area (TPSA) is 75.3 Å². The fourth-order valence-corrected chi connectivity index (χ4v) is 3.27. The quantitative estimate of drug-likeness (QED) is 0.250. The van der Waals surface area contributed by atoms with Crippen molar-refractivity contribution in [2.24, 2.45) is 4.99 Å². The van der Waals surface area contributed by atoms with Crippen LogP contribution in [0.3, 0.4) is 0 Å². The molecule has 0 unspecified atom stereocenters. The van der Waals surface area contributed by atoms with Gasteiger partial charge in [-0.25, -0.2) is 0 Å². The van der Waals surface area contributed by atoms with E-state index in [4.69, 9.17) is 4.52 Å². The molecule has 1 aromatic heterocycles. The third-order valence-electron chi connectivity index (χ3n) is 3.10. The van der Waals surface area contributed by atoms with E-state index in [2.05, 4.69) is 79.8 Å². The fraction of sp³-hybridized carbons (Fsp3) is 0.438. The summed E-state index contributed by atoms with van der Waals surface area (Å²) in [5.74, 6) is 1.88. The van der Waals surface area contributed by atoms with Gasteiger partial charge >= 0.3 is 0 Å². The lowest BCUT2D eigenvalue weighted by molar-refractivity contribution is 0.386. The first-order valence-corrected chi connectivity index (χ1v) is 9.17. The maximum atomic E-state index is 4.95. The summed E-state index contributed by atoms with van der Waals surface area (Å²) in [6.45, 7) is 7.40. The highest BCUT2D eigenvalue weighted by Gasteiger charge is 2.20. The van der Waals surface area contributed by atoms with E-state index in [9.17, 15) is 0 Å². The van der Waals surface area contributed by atoms with Gasteiger partial charge in [0.1, 0.15) is 0 Å². The van der Waals surface area contributed by atoms with E-state index >= 15 is 0 Å². The minimum absolute atomic E-state index is 0. The predicted octanol–water partition coefficient (Wildman–Crippen LogP) is 3.99. The largest absolute Gasteiger partial charge is 0.355 e. The Morgan fingerprint density at radius 1 is 1.28 bits per heavy atom. The summed E-state index contributed by atoms with van der Waals surface area (Å²) in [5, 5.41) is 10.4. The monoisotopic (exact) mass is 539 g/mol. The normalized spacial score (nSPS) is 11.8. The van der Waals surface area contributed by atoms with Crippen molar-refractivity contribution in [2.45, 2.75) is 37.0 Å². The number of halogens is 2. The molecule has 2 rings (SSSR count). The van der Waals surface area contributed by atoms with Gasteiger partial charge in [0.25, 0.3) is 0 Å². The molecule has 0 amide bonds. The number of aryl methyl sites for hydroxylation is 1. The molecule has 0 fully saturated rings. The fourth-order valence-electron chi connectivity index (χ4n) is 1.95. The Balaban J connectivity index is 0.00000312. The average molecular weight is 540 g/mol. The molecule has 9 heteroatoms. The van der Waals surface area contributed by atoms with Crippen LogP contribution < -0.4 is 10.6 Å². The molecule has 0 saturated heterocycles. The van der Waals surface area contributed by atoms with Gasteiger partial charge in [0, 0.05) is 34.6 Å². The number of rotatable bonds is 6. The summed E-state index contributed by atoms with van der Waals surface area (Å²) in [6.07, 6.45) is 0. The van der Waals surface area contributed by atoms with E-state index in [0.29, 0.717) is 24.2 Å². The molecule has 1 heterocycles.